The molecule has 0 fully saturated rings. The van der Waals surface area contributed by atoms with E-state index in [1.54, 1.807) is 14.2 Å². The Labute approximate surface area is 156 Å². The topological polar surface area (TPSA) is 30.5 Å². The molecule has 1 N–H and O–H groups in total. The minimum absolute atomic E-state index is 0.266. The highest BCUT2D eigenvalue weighted by Crippen LogP contribution is 2.52. The third-order valence-electron chi connectivity index (χ3n) is 5.82. The summed E-state index contributed by atoms with van der Waals surface area (Å²) in [6, 6.07) is 13.3. The first-order valence-corrected chi connectivity index (χ1v) is 9.42. The molecular formula is C23H27NO2. The van der Waals surface area contributed by atoms with Gasteiger partial charge in [0.2, 0.25) is 0 Å². The number of anilines is 1. The number of hydrogen-bond acceptors (Lipinski definition) is 3. The van der Waals surface area contributed by atoms with Crippen LogP contribution in [-0.2, 0) is 0 Å². The summed E-state index contributed by atoms with van der Waals surface area (Å²) in [5.74, 6) is 3.06. The largest absolute Gasteiger partial charge is 0.493 e. The van der Waals surface area contributed by atoms with E-state index in [0.717, 1.165) is 17.9 Å². The SMILES string of the molecule is COc1ccc(C2Nc3c(C(C)C)cccc3C3C=CCC32)cc1OC. The van der Waals surface area contributed by atoms with Crippen molar-refractivity contribution < 1.29 is 9.47 Å². The molecule has 0 saturated carbocycles. The Hall–Kier alpha value is -2.42. The van der Waals surface area contributed by atoms with Crippen LogP contribution in [0.1, 0.15) is 54.8 Å². The lowest BCUT2D eigenvalue weighted by atomic mass is 9.75. The van der Waals surface area contributed by atoms with Gasteiger partial charge in [-0.1, -0.05) is 50.3 Å². The lowest BCUT2D eigenvalue weighted by Gasteiger charge is -2.39. The van der Waals surface area contributed by atoms with Gasteiger partial charge in [0.15, 0.2) is 11.5 Å². The van der Waals surface area contributed by atoms with Gasteiger partial charge in [-0.3, -0.25) is 0 Å². The summed E-state index contributed by atoms with van der Waals surface area (Å²) < 4.78 is 11.0. The van der Waals surface area contributed by atoms with Crippen LogP contribution in [-0.4, -0.2) is 14.2 Å². The molecule has 0 radical (unpaired) electrons. The van der Waals surface area contributed by atoms with Crippen LogP contribution >= 0.6 is 0 Å². The number of rotatable bonds is 4. The van der Waals surface area contributed by atoms with Crippen LogP contribution in [0.2, 0.25) is 0 Å². The first-order valence-electron chi connectivity index (χ1n) is 9.42. The third kappa shape index (κ3) is 2.66. The van der Waals surface area contributed by atoms with Crippen molar-refractivity contribution in [3.05, 3.63) is 65.2 Å². The molecule has 0 amide bonds. The summed E-state index contributed by atoms with van der Waals surface area (Å²) in [4.78, 5) is 0. The van der Waals surface area contributed by atoms with Gasteiger partial charge in [0.05, 0.1) is 20.3 Å². The van der Waals surface area contributed by atoms with Gasteiger partial charge in [0, 0.05) is 11.6 Å². The molecule has 2 aromatic carbocycles. The Balaban J connectivity index is 1.80. The molecule has 3 unspecified atom stereocenters. The highest BCUT2D eigenvalue weighted by atomic mass is 16.5. The van der Waals surface area contributed by atoms with E-state index < -0.39 is 0 Å². The molecule has 136 valence electrons. The maximum atomic E-state index is 5.54. The number of hydrogen-bond donors (Lipinski definition) is 1. The highest BCUT2D eigenvalue weighted by Gasteiger charge is 2.39. The zero-order valence-electron chi connectivity index (χ0n) is 16.0. The maximum absolute atomic E-state index is 5.54. The minimum atomic E-state index is 0.266. The van der Waals surface area contributed by atoms with Crippen molar-refractivity contribution in [3.63, 3.8) is 0 Å². The molecular weight excluding hydrogens is 322 g/mol. The molecule has 1 aliphatic carbocycles. The number of methoxy groups -OCH3 is 2. The smallest absolute Gasteiger partial charge is 0.161 e. The summed E-state index contributed by atoms with van der Waals surface area (Å²) in [6.45, 7) is 4.53. The molecule has 26 heavy (non-hydrogen) atoms. The lowest BCUT2D eigenvalue weighted by Crippen LogP contribution is -2.30. The Morgan fingerprint density at radius 2 is 1.85 bits per heavy atom. The fourth-order valence-electron chi connectivity index (χ4n) is 4.50. The van der Waals surface area contributed by atoms with Crippen LogP contribution in [0.4, 0.5) is 5.69 Å². The number of para-hydroxylation sites is 1. The van der Waals surface area contributed by atoms with Crippen LogP contribution in [0.3, 0.4) is 0 Å². The van der Waals surface area contributed by atoms with Gasteiger partial charge in [-0.25, -0.2) is 0 Å². The summed E-state index contributed by atoms with van der Waals surface area (Å²) >= 11 is 0. The molecule has 0 bridgehead atoms. The Morgan fingerprint density at radius 3 is 2.58 bits per heavy atom. The molecule has 1 heterocycles. The summed E-state index contributed by atoms with van der Waals surface area (Å²) in [7, 11) is 3.38. The average Bonchev–Trinajstić information content (AvgIpc) is 3.16. The molecule has 2 aromatic rings. The molecule has 3 heteroatoms. The first kappa shape index (κ1) is 17.0. The third-order valence-corrected chi connectivity index (χ3v) is 5.82. The molecule has 3 nitrogen and oxygen atoms in total. The number of ether oxygens (including phenoxy) is 2. The standard InChI is InChI=1S/C23H27NO2/c1-14(2)16-7-5-10-19-17-8-6-9-18(17)22(24-23(16)19)15-11-12-20(25-3)21(13-15)26-4/h5-8,10-14,17-18,22,24H,9H2,1-4H3. The number of nitrogens with one attached hydrogen (secondary N) is 1. The normalized spacial score (nSPS) is 23.3. The Kier molecular flexibility index (Phi) is 4.39. The highest BCUT2D eigenvalue weighted by molar-refractivity contribution is 5.65. The molecule has 1 aliphatic heterocycles. The molecule has 0 spiro atoms. The van der Waals surface area contributed by atoms with Gasteiger partial charge in [-0.2, -0.15) is 0 Å². The first-order chi connectivity index (χ1) is 12.6. The van der Waals surface area contributed by atoms with Crippen molar-refractivity contribution in [2.45, 2.75) is 38.1 Å². The van der Waals surface area contributed by atoms with E-state index in [9.17, 15) is 0 Å². The lowest BCUT2D eigenvalue weighted by molar-refractivity contribution is 0.353. The second-order valence-electron chi connectivity index (χ2n) is 7.56. The summed E-state index contributed by atoms with van der Waals surface area (Å²) in [5.41, 5.74) is 5.40. The van der Waals surface area contributed by atoms with Crippen molar-refractivity contribution in [2.24, 2.45) is 5.92 Å². The summed E-state index contributed by atoms with van der Waals surface area (Å²) in [5, 5.41) is 3.89. The van der Waals surface area contributed by atoms with E-state index in [2.05, 4.69) is 61.6 Å². The minimum Gasteiger partial charge on any atom is -0.493 e. The predicted molar refractivity (Wildman–Crippen MR) is 106 cm³/mol. The second-order valence-corrected chi connectivity index (χ2v) is 7.56. The summed E-state index contributed by atoms with van der Waals surface area (Å²) in [6.07, 6.45) is 5.83. The second kappa shape index (κ2) is 6.71. The maximum Gasteiger partial charge on any atom is 0.161 e. The molecule has 0 aromatic heterocycles. The number of allylic oxidation sites excluding steroid dienone is 2. The molecule has 3 atom stereocenters. The van der Waals surface area contributed by atoms with Gasteiger partial charge in [-0.15, -0.1) is 0 Å². The van der Waals surface area contributed by atoms with Crippen LogP contribution in [0.15, 0.2) is 48.6 Å². The zero-order valence-corrected chi connectivity index (χ0v) is 16.0. The van der Waals surface area contributed by atoms with E-state index in [-0.39, 0.29) is 6.04 Å². The van der Waals surface area contributed by atoms with E-state index >= 15 is 0 Å². The van der Waals surface area contributed by atoms with Crippen molar-refractivity contribution in [1.82, 2.24) is 0 Å². The van der Waals surface area contributed by atoms with Crippen LogP contribution in [0, 0.1) is 5.92 Å². The average molecular weight is 349 g/mol. The molecule has 0 saturated heterocycles. The molecule has 2 aliphatic rings. The predicted octanol–water partition coefficient (Wildman–Crippen LogP) is 5.65. The van der Waals surface area contributed by atoms with Crippen molar-refractivity contribution >= 4 is 5.69 Å². The van der Waals surface area contributed by atoms with Crippen molar-refractivity contribution in [1.29, 1.82) is 0 Å². The fourth-order valence-corrected chi connectivity index (χ4v) is 4.50. The van der Waals surface area contributed by atoms with Crippen LogP contribution < -0.4 is 14.8 Å². The van der Waals surface area contributed by atoms with Crippen molar-refractivity contribution in [2.75, 3.05) is 19.5 Å². The number of fused-ring (bicyclic) bond motifs is 3. The van der Waals surface area contributed by atoms with Crippen molar-refractivity contribution in [3.8, 4) is 11.5 Å². The van der Waals surface area contributed by atoms with E-state index in [1.165, 1.54) is 22.4 Å². The Morgan fingerprint density at radius 1 is 1.04 bits per heavy atom. The quantitative estimate of drug-likeness (QED) is 0.723. The van der Waals surface area contributed by atoms with Gasteiger partial charge in [0.1, 0.15) is 0 Å². The van der Waals surface area contributed by atoms with Gasteiger partial charge < -0.3 is 14.8 Å². The van der Waals surface area contributed by atoms with Gasteiger partial charge in [-0.05, 0) is 47.1 Å². The van der Waals surface area contributed by atoms with Crippen LogP contribution in [0.5, 0.6) is 11.5 Å². The fraction of sp³-hybridized carbons (Fsp3) is 0.391. The van der Waals surface area contributed by atoms with Gasteiger partial charge >= 0.3 is 0 Å². The molecule has 4 rings (SSSR count). The zero-order chi connectivity index (χ0) is 18.3. The van der Waals surface area contributed by atoms with Gasteiger partial charge in [0.25, 0.3) is 0 Å². The Bertz CT molecular complexity index is 840. The van der Waals surface area contributed by atoms with Crippen LogP contribution in [0.25, 0.3) is 0 Å². The number of benzene rings is 2. The monoisotopic (exact) mass is 349 g/mol. The van der Waals surface area contributed by atoms with E-state index in [1.807, 2.05) is 6.07 Å². The van der Waals surface area contributed by atoms with E-state index in [0.29, 0.717) is 17.8 Å². The van der Waals surface area contributed by atoms with E-state index in [4.69, 9.17) is 9.47 Å².